The zero-order valence-corrected chi connectivity index (χ0v) is 11.6. The van der Waals surface area contributed by atoms with Gasteiger partial charge in [0.1, 0.15) is 0 Å². The highest BCUT2D eigenvalue weighted by atomic mass is 79.9. The first kappa shape index (κ1) is 14.9. The maximum Gasteiger partial charge on any atom is 0.260 e. The highest BCUT2D eigenvalue weighted by Gasteiger charge is 2.11. The molecule has 4 nitrogen and oxygen atoms in total. The fourth-order valence-electron chi connectivity index (χ4n) is 1.27. The Morgan fingerprint density at radius 2 is 2.28 bits per heavy atom. The van der Waals surface area contributed by atoms with Gasteiger partial charge in [0.05, 0.1) is 0 Å². The fourth-order valence-corrected chi connectivity index (χ4v) is 1.61. The lowest BCUT2D eigenvalue weighted by atomic mass is 10.3. The van der Waals surface area contributed by atoms with E-state index in [1.807, 2.05) is 0 Å². The summed E-state index contributed by atoms with van der Waals surface area (Å²) in [5, 5.41) is 8.64. The molecule has 0 unspecified atom stereocenters. The summed E-state index contributed by atoms with van der Waals surface area (Å²) in [7, 11) is 1.61. The zero-order chi connectivity index (χ0) is 13.5. The van der Waals surface area contributed by atoms with E-state index in [-0.39, 0.29) is 24.9 Å². The van der Waals surface area contributed by atoms with E-state index in [0.29, 0.717) is 17.4 Å². The monoisotopic (exact) mass is 319 g/mol. The summed E-state index contributed by atoms with van der Waals surface area (Å²) in [6.45, 7) is 0.252. The Kier molecular flexibility index (Phi) is 6.07. The Morgan fingerprint density at radius 3 is 2.89 bits per heavy atom. The van der Waals surface area contributed by atoms with Gasteiger partial charge in [-0.05, 0) is 24.6 Å². The molecule has 0 saturated heterocycles. The number of aliphatic hydroxyl groups is 1. The first-order valence-corrected chi connectivity index (χ1v) is 6.26. The number of carbonyl (C=O) groups excluding carboxylic acids is 1. The van der Waals surface area contributed by atoms with Crippen LogP contribution in [-0.4, -0.2) is 42.7 Å². The Labute approximate surface area is 113 Å². The number of amides is 1. The predicted octanol–water partition coefficient (Wildman–Crippen LogP) is 1.81. The normalized spacial score (nSPS) is 10.2. The number of hydrogen-bond acceptors (Lipinski definition) is 3. The third kappa shape index (κ3) is 4.62. The molecule has 0 aliphatic rings. The quantitative estimate of drug-likeness (QED) is 0.870. The molecule has 1 rings (SSSR count). The van der Waals surface area contributed by atoms with Gasteiger partial charge in [0.15, 0.2) is 18.2 Å². The number of likely N-dealkylation sites (N-methyl/N-ethyl adjacent to an activating group) is 1. The maximum atomic E-state index is 13.4. The van der Waals surface area contributed by atoms with Crippen molar-refractivity contribution < 1.29 is 19.0 Å². The van der Waals surface area contributed by atoms with Gasteiger partial charge in [0, 0.05) is 24.7 Å². The second kappa shape index (κ2) is 7.33. The standard InChI is InChI=1S/C12H15BrFNO3/c1-15(5-2-6-16)12(17)8-18-11-4-3-9(13)7-10(11)14/h3-4,7,16H,2,5-6,8H2,1H3. The van der Waals surface area contributed by atoms with Crippen LogP contribution in [0.4, 0.5) is 4.39 Å². The van der Waals surface area contributed by atoms with Crippen LogP contribution >= 0.6 is 15.9 Å². The van der Waals surface area contributed by atoms with Crippen molar-refractivity contribution in [3.63, 3.8) is 0 Å². The van der Waals surface area contributed by atoms with E-state index in [1.54, 1.807) is 13.1 Å². The maximum absolute atomic E-state index is 13.4. The van der Waals surface area contributed by atoms with Crippen LogP contribution in [0.1, 0.15) is 6.42 Å². The smallest absolute Gasteiger partial charge is 0.260 e. The van der Waals surface area contributed by atoms with Crippen LogP contribution in [0.5, 0.6) is 5.75 Å². The van der Waals surface area contributed by atoms with Gasteiger partial charge in [0.25, 0.3) is 5.91 Å². The van der Waals surface area contributed by atoms with E-state index in [0.717, 1.165) is 0 Å². The molecule has 1 amide bonds. The molecule has 0 aliphatic carbocycles. The van der Waals surface area contributed by atoms with Gasteiger partial charge in [-0.2, -0.15) is 0 Å². The first-order valence-electron chi connectivity index (χ1n) is 5.47. The summed E-state index contributed by atoms with van der Waals surface area (Å²) >= 11 is 3.13. The molecule has 0 atom stereocenters. The van der Waals surface area contributed by atoms with E-state index in [2.05, 4.69) is 15.9 Å². The second-order valence-corrected chi connectivity index (χ2v) is 4.67. The van der Waals surface area contributed by atoms with Crippen molar-refractivity contribution in [1.82, 2.24) is 4.90 Å². The van der Waals surface area contributed by atoms with E-state index >= 15 is 0 Å². The number of hydrogen-bond donors (Lipinski definition) is 1. The van der Waals surface area contributed by atoms with Crippen LogP contribution in [0.3, 0.4) is 0 Å². The molecule has 0 bridgehead atoms. The molecule has 0 fully saturated rings. The molecule has 18 heavy (non-hydrogen) atoms. The van der Waals surface area contributed by atoms with Crippen molar-refractivity contribution in [2.24, 2.45) is 0 Å². The van der Waals surface area contributed by atoms with Gasteiger partial charge in [-0.3, -0.25) is 4.79 Å². The largest absolute Gasteiger partial charge is 0.481 e. The minimum Gasteiger partial charge on any atom is -0.481 e. The summed E-state index contributed by atoms with van der Waals surface area (Å²) in [4.78, 5) is 13.0. The van der Waals surface area contributed by atoms with E-state index in [4.69, 9.17) is 9.84 Å². The number of benzene rings is 1. The molecule has 1 aromatic carbocycles. The highest BCUT2D eigenvalue weighted by molar-refractivity contribution is 9.10. The molecule has 0 spiro atoms. The molecule has 0 aliphatic heterocycles. The van der Waals surface area contributed by atoms with Crippen LogP contribution in [0.2, 0.25) is 0 Å². The third-order valence-electron chi connectivity index (χ3n) is 2.32. The highest BCUT2D eigenvalue weighted by Crippen LogP contribution is 2.21. The average Bonchev–Trinajstić information content (AvgIpc) is 2.34. The van der Waals surface area contributed by atoms with Crippen LogP contribution < -0.4 is 4.74 Å². The van der Waals surface area contributed by atoms with Crippen LogP contribution in [-0.2, 0) is 4.79 Å². The van der Waals surface area contributed by atoms with Crippen molar-refractivity contribution >= 4 is 21.8 Å². The van der Waals surface area contributed by atoms with Gasteiger partial charge in [0.2, 0.25) is 0 Å². The Hall–Kier alpha value is -1.14. The van der Waals surface area contributed by atoms with Crippen LogP contribution in [0, 0.1) is 5.82 Å². The zero-order valence-electron chi connectivity index (χ0n) is 10.0. The number of carbonyl (C=O) groups is 1. The van der Waals surface area contributed by atoms with E-state index in [1.165, 1.54) is 17.0 Å². The SMILES string of the molecule is CN(CCCO)C(=O)COc1ccc(Br)cc1F. The van der Waals surface area contributed by atoms with Crippen molar-refractivity contribution in [2.45, 2.75) is 6.42 Å². The van der Waals surface area contributed by atoms with Crippen LogP contribution in [0.25, 0.3) is 0 Å². The number of rotatable bonds is 6. The lowest BCUT2D eigenvalue weighted by molar-refractivity contribution is -0.132. The summed E-state index contributed by atoms with van der Waals surface area (Å²) in [5.74, 6) is -0.733. The second-order valence-electron chi connectivity index (χ2n) is 3.76. The lowest BCUT2D eigenvalue weighted by Gasteiger charge is -2.16. The Balaban J connectivity index is 2.47. The van der Waals surface area contributed by atoms with Crippen molar-refractivity contribution in [1.29, 1.82) is 0 Å². The number of halogens is 2. The number of nitrogens with zero attached hydrogens (tertiary/aromatic N) is 1. The minimum atomic E-state index is -0.518. The van der Waals surface area contributed by atoms with Gasteiger partial charge in [-0.1, -0.05) is 15.9 Å². The summed E-state index contributed by atoms with van der Waals surface area (Å²) < 4.78 is 19.1. The molecule has 6 heteroatoms. The van der Waals surface area contributed by atoms with Crippen molar-refractivity contribution in [2.75, 3.05) is 26.8 Å². The fraction of sp³-hybridized carbons (Fsp3) is 0.417. The molecule has 0 aromatic heterocycles. The van der Waals surface area contributed by atoms with Crippen LogP contribution in [0.15, 0.2) is 22.7 Å². The van der Waals surface area contributed by atoms with Gasteiger partial charge < -0.3 is 14.7 Å². The molecule has 1 aromatic rings. The van der Waals surface area contributed by atoms with Gasteiger partial charge in [-0.25, -0.2) is 4.39 Å². The van der Waals surface area contributed by atoms with Crippen molar-refractivity contribution in [3.8, 4) is 5.75 Å². The third-order valence-corrected chi connectivity index (χ3v) is 2.82. The summed E-state index contributed by atoms with van der Waals surface area (Å²) in [5.41, 5.74) is 0. The number of ether oxygens (including phenoxy) is 1. The van der Waals surface area contributed by atoms with Gasteiger partial charge in [-0.15, -0.1) is 0 Å². The molecule has 0 radical (unpaired) electrons. The molecular weight excluding hydrogens is 305 g/mol. The van der Waals surface area contributed by atoms with Crippen molar-refractivity contribution in [3.05, 3.63) is 28.5 Å². The summed E-state index contributed by atoms with van der Waals surface area (Å²) in [6.07, 6.45) is 0.509. The first-order chi connectivity index (χ1) is 8.54. The Bertz CT molecular complexity index is 414. The Morgan fingerprint density at radius 1 is 1.56 bits per heavy atom. The number of aliphatic hydroxyl groups excluding tert-OH is 1. The molecule has 0 saturated carbocycles. The molecule has 0 heterocycles. The molecular formula is C12H15BrFNO3. The minimum absolute atomic E-state index is 0.0276. The lowest BCUT2D eigenvalue weighted by Crippen LogP contribution is -2.32. The van der Waals surface area contributed by atoms with Gasteiger partial charge >= 0.3 is 0 Å². The molecule has 100 valence electrons. The molecule has 1 N–H and O–H groups in total. The van der Waals surface area contributed by atoms with E-state index < -0.39 is 5.82 Å². The average molecular weight is 320 g/mol. The summed E-state index contributed by atoms with van der Waals surface area (Å²) in [6, 6.07) is 4.37. The van der Waals surface area contributed by atoms with E-state index in [9.17, 15) is 9.18 Å². The topological polar surface area (TPSA) is 49.8 Å². The predicted molar refractivity (Wildman–Crippen MR) is 68.9 cm³/mol.